The van der Waals surface area contributed by atoms with Crippen LogP contribution in [0.25, 0.3) is 6.08 Å². The molecule has 0 amide bonds. The standard InChI is InChI=1S/C12H19N3O2S/c1-3-10-11(14(2)12(16)13-10)6-9-18(17)15-7-4-5-8-15/h6,9H,3-5,7-8H2,1-2H3,(H,13,16). The van der Waals surface area contributed by atoms with Crippen LogP contribution in [0.3, 0.4) is 0 Å². The lowest BCUT2D eigenvalue weighted by Crippen LogP contribution is -2.20. The molecular weight excluding hydrogens is 250 g/mol. The van der Waals surface area contributed by atoms with Gasteiger partial charge in [-0.1, -0.05) is 6.92 Å². The molecule has 18 heavy (non-hydrogen) atoms. The van der Waals surface area contributed by atoms with Crippen LogP contribution in [0.15, 0.2) is 10.2 Å². The Morgan fingerprint density at radius 3 is 2.67 bits per heavy atom. The largest absolute Gasteiger partial charge is 0.325 e. The highest BCUT2D eigenvalue weighted by atomic mass is 32.2. The number of aromatic nitrogens is 2. The first-order valence-electron chi connectivity index (χ1n) is 6.25. The van der Waals surface area contributed by atoms with Crippen molar-refractivity contribution in [1.29, 1.82) is 0 Å². The van der Waals surface area contributed by atoms with E-state index in [0.717, 1.165) is 43.7 Å². The van der Waals surface area contributed by atoms with E-state index in [1.54, 1.807) is 23.1 Å². The summed E-state index contributed by atoms with van der Waals surface area (Å²) in [5.74, 6) is 0. The van der Waals surface area contributed by atoms with Crippen LogP contribution in [0.1, 0.15) is 31.2 Å². The molecule has 0 spiro atoms. The second kappa shape index (κ2) is 5.67. The van der Waals surface area contributed by atoms with Crippen LogP contribution >= 0.6 is 0 Å². The van der Waals surface area contributed by atoms with E-state index >= 15 is 0 Å². The van der Waals surface area contributed by atoms with E-state index in [-0.39, 0.29) is 5.69 Å². The lowest BCUT2D eigenvalue weighted by Gasteiger charge is -2.09. The van der Waals surface area contributed by atoms with Crippen molar-refractivity contribution in [3.05, 3.63) is 27.3 Å². The molecule has 2 heterocycles. The second-order valence-electron chi connectivity index (χ2n) is 4.42. The molecule has 100 valence electrons. The molecule has 1 saturated heterocycles. The highest BCUT2D eigenvalue weighted by Crippen LogP contribution is 2.13. The zero-order chi connectivity index (χ0) is 13.1. The number of H-pyrrole nitrogens is 1. The SMILES string of the molecule is CCc1[nH]c(=O)n(C)c1C=CS(=O)N1CCCC1. The molecule has 0 aliphatic carbocycles. The van der Waals surface area contributed by atoms with Crippen LogP contribution in [0, 0.1) is 0 Å². The number of rotatable bonds is 4. The molecule has 1 aliphatic rings. The molecule has 1 atom stereocenters. The monoisotopic (exact) mass is 269 g/mol. The van der Waals surface area contributed by atoms with E-state index in [0.29, 0.717) is 0 Å². The predicted octanol–water partition coefficient (Wildman–Crippen LogP) is 1.01. The summed E-state index contributed by atoms with van der Waals surface area (Å²) in [5.41, 5.74) is 1.57. The van der Waals surface area contributed by atoms with Crippen LogP contribution in [-0.4, -0.2) is 31.2 Å². The smallest absolute Gasteiger partial charge is 0.309 e. The zero-order valence-electron chi connectivity index (χ0n) is 10.8. The van der Waals surface area contributed by atoms with Gasteiger partial charge in [0.05, 0.1) is 5.69 Å². The minimum atomic E-state index is -1.08. The van der Waals surface area contributed by atoms with E-state index in [9.17, 15) is 9.00 Å². The third-order valence-electron chi connectivity index (χ3n) is 3.25. The first-order chi connectivity index (χ1) is 8.63. The Morgan fingerprint density at radius 1 is 1.39 bits per heavy atom. The van der Waals surface area contributed by atoms with Gasteiger partial charge in [-0.05, 0) is 25.3 Å². The molecule has 0 radical (unpaired) electrons. The first-order valence-corrected chi connectivity index (χ1v) is 7.42. The molecular formula is C12H19N3O2S. The van der Waals surface area contributed by atoms with Crippen LogP contribution < -0.4 is 5.69 Å². The van der Waals surface area contributed by atoms with Gasteiger partial charge in [0.1, 0.15) is 11.0 Å². The normalized spacial score (nSPS) is 18.8. The lowest BCUT2D eigenvalue weighted by molar-refractivity contribution is 0.542. The Labute approximate surface area is 109 Å². The van der Waals surface area contributed by atoms with Crippen LogP contribution in [0.5, 0.6) is 0 Å². The van der Waals surface area contributed by atoms with Crippen molar-refractivity contribution >= 4 is 17.1 Å². The average Bonchev–Trinajstić information content (AvgIpc) is 2.97. The number of aryl methyl sites for hydroxylation is 1. The summed E-state index contributed by atoms with van der Waals surface area (Å²) in [6.07, 6.45) is 4.77. The minimum Gasteiger partial charge on any atom is -0.309 e. The van der Waals surface area contributed by atoms with Crippen molar-refractivity contribution in [2.45, 2.75) is 26.2 Å². The Balaban J connectivity index is 2.17. The van der Waals surface area contributed by atoms with Gasteiger partial charge in [0.25, 0.3) is 0 Å². The molecule has 2 rings (SSSR count). The molecule has 1 aliphatic heterocycles. The Kier molecular flexibility index (Phi) is 4.19. The highest BCUT2D eigenvalue weighted by molar-refractivity contribution is 7.85. The summed E-state index contributed by atoms with van der Waals surface area (Å²) in [4.78, 5) is 14.3. The second-order valence-corrected chi connectivity index (χ2v) is 5.76. The number of aromatic amines is 1. The van der Waals surface area contributed by atoms with E-state index in [1.165, 1.54) is 0 Å². The first kappa shape index (κ1) is 13.3. The molecule has 1 aromatic rings. The summed E-state index contributed by atoms with van der Waals surface area (Å²) in [7, 11) is 0.637. The summed E-state index contributed by atoms with van der Waals surface area (Å²) < 4.78 is 15.5. The van der Waals surface area contributed by atoms with Gasteiger partial charge in [0.2, 0.25) is 0 Å². The van der Waals surface area contributed by atoms with Gasteiger partial charge in [-0.3, -0.25) is 4.57 Å². The summed E-state index contributed by atoms with van der Waals surface area (Å²) in [5, 5.41) is 1.67. The predicted molar refractivity (Wildman–Crippen MR) is 73.4 cm³/mol. The molecule has 1 fully saturated rings. The topological polar surface area (TPSA) is 58.1 Å². The van der Waals surface area contributed by atoms with Crippen LogP contribution in [-0.2, 0) is 24.5 Å². The molecule has 0 bridgehead atoms. The van der Waals surface area contributed by atoms with Crippen LogP contribution in [0.4, 0.5) is 0 Å². The zero-order valence-corrected chi connectivity index (χ0v) is 11.6. The fourth-order valence-corrected chi connectivity index (χ4v) is 3.18. The fourth-order valence-electron chi connectivity index (χ4n) is 2.15. The van der Waals surface area contributed by atoms with Crippen molar-refractivity contribution < 1.29 is 4.21 Å². The van der Waals surface area contributed by atoms with E-state index in [4.69, 9.17) is 0 Å². The molecule has 1 unspecified atom stereocenters. The van der Waals surface area contributed by atoms with Crippen LogP contribution in [0.2, 0.25) is 0 Å². The van der Waals surface area contributed by atoms with Gasteiger partial charge in [0, 0.05) is 31.2 Å². The maximum absolute atomic E-state index is 12.0. The van der Waals surface area contributed by atoms with Gasteiger partial charge in [0.15, 0.2) is 0 Å². The summed E-state index contributed by atoms with van der Waals surface area (Å²) in [6.45, 7) is 3.77. The molecule has 0 aromatic carbocycles. The summed E-state index contributed by atoms with van der Waals surface area (Å²) in [6, 6.07) is 0. The van der Waals surface area contributed by atoms with Crippen molar-refractivity contribution in [2.24, 2.45) is 7.05 Å². The summed E-state index contributed by atoms with van der Waals surface area (Å²) >= 11 is 0. The van der Waals surface area contributed by atoms with Crippen molar-refractivity contribution in [2.75, 3.05) is 13.1 Å². The van der Waals surface area contributed by atoms with Crippen molar-refractivity contribution in [1.82, 2.24) is 13.9 Å². The quantitative estimate of drug-likeness (QED) is 0.886. The van der Waals surface area contributed by atoms with Gasteiger partial charge in [-0.25, -0.2) is 13.3 Å². The maximum atomic E-state index is 12.0. The third-order valence-corrected chi connectivity index (χ3v) is 4.49. The molecule has 1 N–H and O–H groups in total. The Morgan fingerprint density at radius 2 is 2.06 bits per heavy atom. The number of imidazole rings is 1. The highest BCUT2D eigenvalue weighted by Gasteiger charge is 2.16. The molecule has 5 nitrogen and oxygen atoms in total. The lowest BCUT2D eigenvalue weighted by atomic mass is 10.2. The number of hydrogen-bond donors (Lipinski definition) is 1. The third kappa shape index (κ3) is 2.64. The van der Waals surface area contributed by atoms with Crippen molar-refractivity contribution in [3.63, 3.8) is 0 Å². The number of hydrogen-bond acceptors (Lipinski definition) is 2. The van der Waals surface area contributed by atoms with Crippen molar-refractivity contribution in [3.8, 4) is 0 Å². The van der Waals surface area contributed by atoms with E-state index in [2.05, 4.69) is 4.98 Å². The average molecular weight is 269 g/mol. The molecule has 1 aromatic heterocycles. The van der Waals surface area contributed by atoms with Gasteiger partial charge >= 0.3 is 5.69 Å². The number of nitrogens with zero attached hydrogens (tertiary/aromatic N) is 2. The fraction of sp³-hybridized carbons (Fsp3) is 0.583. The van der Waals surface area contributed by atoms with E-state index in [1.807, 2.05) is 11.2 Å². The molecule has 0 saturated carbocycles. The number of nitrogens with one attached hydrogen (secondary N) is 1. The molecule has 6 heteroatoms. The Hall–Kier alpha value is -1.14. The maximum Gasteiger partial charge on any atom is 0.325 e. The van der Waals surface area contributed by atoms with Gasteiger partial charge < -0.3 is 4.98 Å². The van der Waals surface area contributed by atoms with Gasteiger partial charge in [-0.15, -0.1) is 0 Å². The Bertz CT molecular complexity index is 524. The van der Waals surface area contributed by atoms with Gasteiger partial charge in [-0.2, -0.15) is 0 Å². The van der Waals surface area contributed by atoms with E-state index < -0.39 is 11.0 Å². The minimum absolute atomic E-state index is 0.126.